The van der Waals surface area contributed by atoms with Gasteiger partial charge in [-0.2, -0.15) is 0 Å². The zero-order valence-corrected chi connectivity index (χ0v) is 11.5. The molecule has 0 saturated carbocycles. The minimum Gasteiger partial charge on any atom is -0.369 e. The molecule has 2 N–H and O–H groups in total. The quantitative estimate of drug-likeness (QED) is 0.865. The number of nitrogens with zero attached hydrogens (tertiary/aromatic N) is 1. The van der Waals surface area contributed by atoms with Crippen LogP contribution in [0, 0.1) is 0 Å². The van der Waals surface area contributed by atoms with Crippen molar-refractivity contribution in [2.24, 2.45) is 5.73 Å². The lowest BCUT2D eigenvalue weighted by molar-refractivity contribution is -0.119. The fourth-order valence-corrected chi connectivity index (χ4v) is 2.44. The molecule has 98 valence electrons. The molecule has 0 unspecified atom stereocenters. The largest absolute Gasteiger partial charge is 0.369 e. The van der Waals surface area contributed by atoms with E-state index in [-0.39, 0.29) is 11.3 Å². The van der Waals surface area contributed by atoms with Crippen LogP contribution in [0.3, 0.4) is 0 Å². The molecule has 0 spiro atoms. The standard InChI is InChI=1S/C15H22N2O/c1-15(2,3)13-5-4-11-6-7-17(10-14(16)18)9-12(11)8-13/h4-5,8H,6-7,9-10H2,1-3H3,(H2,16,18). The van der Waals surface area contributed by atoms with Gasteiger partial charge < -0.3 is 5.73 Å². The van der Waals surface area contributed by atoms with Crippen LogP contribution in [0.5, 0.6) is 0 Å². The number of hydrogen-bond donors (Lipinski definition) is 1. The molecule has 18 heavy (non-hydrogen) atoms. The number of nitrogens with two attached hydrogens (primary N) is 1. The van der Waals surface area contributed by atoms with E-state index in [0.717, 1.165) is 19.5 Å². The van der Waals surface area contributed by atoms with Crippen LogP contribution in [-0.4, -0.2) is 23.9 Å². The first kappa shape index (κ1) is 13.1. The summed E-state index contributed by atoms with van der Waals surface area (Å²) in [5.74, 6) is -0.245. The Morgan fingerprint density at radius 3 is 2.67 bits per heavy atom. The highest BCUT2D eigenvalue weighted by atomic mass is 16.1. The molecule has 0 fully saturated rings. The van der Waals surface area contributed by atoms with Crippen molar-refractivity contribution in [1.82, 2.24) is 4.90 Å². The topological polar surface area (TPSA) is 46.3 Å². The average molecular weight is 246 g/mol. The van der Waals surface area contributed by atoms with Gasteiger partial charge in [0.05, 0.1) is 6.54 Å². The van der Waals surface area contributed by atoms with Gasteiger partial charge in [0.25, 0.3) is 0 Å². The number of primary amides is 1. The summed E-state index contributed by atoms with van der Waals surface area (Å²) in [6.45, 7) is 8.78. The Bertz CT molecular complexity index is 460. The first-order chi connectivity index (χ1) is 8.36. The monoisotopic (exact) mass is 246 g/mol. The molecule has 0 aliphatic carbocycles. The summed E-state index contributed by atoms with van der Waals surface area (Å²) in [6.07, 6.45) is 1.01. The first-order valence-corrected chi connectivity index (χ1v) is 6.49. The van der Waals surface area contributed by atoms with Crippen molar-refractivity contribution in [2.45, 2.75) is 39.2 Å². The third kappa shape index (κ3) is 2.91. The summed E-state index contributed by atoms with van der Waals surface area (Å²) < 4.78 is 0. The number of hydrogen-bond acceptors (Lipinski definition) is 2. The van der Waals surface area contributed by atoms with Crippen LogP contribution in [0.15, 0.2) is 18.2 Å². The molecule has 0 saturated heterocycles. The van der Waals surface area contributed by atoms with Crippen molar-refractivity contribution in [2.75, 3.05) is 13.1 Å². The van der Waals surface area contributed by atoms with Crippen LogP contribution in [0.2, 0.25) is 0 Å². The van der Waals surface area contributed by atoms with Crippen LogP contribution in [-0.2, 0) is 23.2 Å². The second kappa shape index (κ2) is 4.73. The van der Waals surface area contributed by atoms with E-state index >= 15 is 0 Å². The Balaban J connectivity index is 2.22. The molecule has 0 bridgehead atoms. The zero-order chi connectivity index (χ0) is 13.3. The van der Waals surface area contributed by atoms with Gasteiger partial charge in [-0.1, -0.05) is 39.0 Å². The number of rotatable bonds is 2. The van der Waals surface area contributed by atoms with Gasteiger partial charge in [-0.3, -0.25) is 9.69 Å². The fraction of sp³-hybridized carbons (Fsp3) is 0.533. The lowest BCUT2D eigenvalue weighted by Crippen LogP contribution is -2.37. The predicted octanol–water partition coefficient (Wildman–Crippen LogP) is 1.83. The summed E-state index contributed by atoms with van der Waals surface area (Å²) in [5, 5.41) is 0. The van der Waals surface area contributed by atoms with E-state index in [9.17, 15) is 4.79 Å². The van der Waals surface area contributed by atoms with Gasteiger partial charge in [0.2, 0.25) is 5.91 Å². The molecular formula is C15H22N2O. The predicted molar refractivity (Wildman–Crippen MR) is 73.3 cm³/mol. The van der Waals surface area contributed by atoms with Gasteiger partial charge in [-0.25, -0.2) is 0 Å². The van der Waals surface area contributed by atoms with E-state index in [0.29, 0.717) is 6.54 Å². The van der Waals surface area contributed by atoms with Gasteiger partial charge in [-0.15, -0.1) is 0 Å². The van der Waals surface area contributed by atoms with E-state index in [1.54, 1.807) is 0 Å². The molecule has 0 aromatic heterocycles. The first-order valence-electron chi connectivity index (χ1n) is 6.49. The van der Waals surface area contributed by atoms with E-state index in [2.05, 4.69) is 43.9 Å². The fourth-order valence-electron chi connectivity index (χ4n) is 2.44. The molecule has 2 rings (SSSR count). The molecule has 3 heteroatoms. The Hall–Kier alpha value is -1.35. The molecule has 0 atom stereocenters. The zero-order valence-electron chi connectivity index (χ0n) is 11.5. The Kier molecular flexibility index (Phi) is 3.44. The van der Waals surface area contributed by atoms with Gasteiger partial charge >= 0.3 is 0 Å². The Morgan fingerprint density at radius 2 is 2.06 bits per heavy atom. The number of benzene rings is 1. The molecule has 1 aromatic rings. The third-order valence-corrected chi connectivity index (χ3v) is 3.54. The highest BCUT2D eigenvalue weighted by molar-refractivity contribution is 5.75. The number of amides is 1. The maximum Gasteiger partial charge on any atom is 0.231 e. The van der Waals surface area contributed by atoms with Gasteiger partial charge in [0, 0.05) is 13.1 Å². The molecule has 1 aromatic carbocycles. The van der Waals surface area contributed by atoms with Crippen molar-refractivity contribution < 1.29 is 4.79 Å². The molecule has 1 aliphatic rings. The van der Waals surface area contributed by atoms with Crippen molar-refractivity contribution in [1.29, 1.82) is 0 Å². The van der Waals surface area contributed by atoms with Crippen molar-refractivity contribution in [3.8, 4) is 0 Å². The van der Waals surface area contributed by atoms with Crippen molar-refractivity contribution in [3.05, 3.63) is 34.9 Å². The minimum absolute atomic E-state index is 0.168. The third-order valence-electron chi connectivity index (χ3n) is 3.54. The maximum absolute atomic E-state index is 11.0. The number of carbonyl (C=O) groups excluding carboxylic acids is 1. The maximum atomic E-state index is 11.0. The summed E-state index contributed by atoms with van der Waals surface area (Å²) in [6, 6.07) is 6.74. The highest BCUT2D eigenvalue weighted by Crippen LogP contribution is 2.27. The van der Waals surface area contributed by atoms with E-state index < -0.39 is 0 Å². The lowest BCUT2D eigenvalue weighted by atomic mass is 9.84. The molecule has 3 nitrogen and oxygen atoms in total. The van der Waals surface area contributed by atoms with E-state index in [4.69, 9.17) is 5.73 Å². The molecular weight excluding hydrogens is 224 g/mol. The van der Waals surface area contributed by atoms with Crippen LogP contribution >= 0.6 is 0 Å². The van der Waals surface area contributed by atoms with Gasteiger partial charge in [-0.05, 0) is 28.5 Å². The number of carbonyl (C=O) groups is 1. The minimum atomic E-state index is -0.245. The van der Waals surface area contributed by atoms with Gasteiger partial charge in [0.15, 0.2) is 0 Å². The smallest absolute Gasteiger partial charge is 0.231 e. The van der Waals surface area contributed by atoms with E-state index in [1.807, 2.05) is 0 Å². The average Bonchev–Trinajstić information content (AvgIpc) is 2.26. The second-order valence-electron chi connectivity index (χ2n) is 6.16. The van der Waals surface area contributed by atoms with E-state index in [1.165, 1.54) is 16.7 Å². The van der Waals surface area contributed by atoms with Crippen molar-refractivity contribution >= 4 is 5.91 Å². The summed E-state index contributed by atoms with van der Waals surface area (Å²) in [7, 11) is 0. The second-order valence-corrected chi connectivity index (χ2v) is 6.16. The molecule has 0 radical (unpaired) electrons. The Labute approximate surface area is 109 Å². The SMILES string of the molecule is CC(C)(C)c1ccc2c(c1)CN(CC(N)=O)CC2. The lowest BCUT2D eigenvalue weighted by Gasteiger charge is -2.29. The normalized spacial score (nSPS) is 16.4. The Morgan fingerprint density at radius 1 is 1.33 bits per heavy atom. The number of fused-ring (bicyclic) bond motifs is 1. The van der Waals surface area contributed by atoms with Crippen LogP contribution in [0.1, 0.15) is 37.5 Å². The van der Waals surface area contributed by atoms with Crippen LogP contribution < -0.4 is 5.73 Å². The highest BCUT2D eigenvalue weighted by Gasteiger charge is 2.20. The van der Waals surface area contributed by atoms with Gasteiger partial charge in [0.1, 0.15) is 0 Å². The molecule has 1 heterocycles. The van der Waals surface area contributed by atoms with Crippen LogP contribution in [0.25, 0.3) is 0 Å². The molecule has 1 aliphatic heterocycles. The molecule has 1 amide bonds. The summed E-state index contributed by atoms with van der Waals surface area (Å²) >= 11 is 0. The summed E-state index contributed by atoms with van der Waals surface area (Å²) in [4.78, 5) is 13.1. The summed E-state index contributed by atoms with van der Waals surface area (Å²) in [5.41, 5.74) is 9.53. The van der Waals surface area contributed by atoms with Crippen LogP contribution in [0.4, 0.5) is 0 Å². The van der Waals surface area contributed by atoms with Crippen molar-refractivity contribution in [3.63, 3.8) is 0 Å².